The molecule has 98 valence electrons. The van der Waals surface area contributed by atoms with Crippen molar-refractivity contribution in [1.29, 1.82) is 0 Å². The standard InChI is InChI=1S/C16H18N2O/c19-16(12-5-2-1-3-6-12)18-14-8-9-15-13(11-14)7-4-10-17-15/h4,7-12H,1-3,5-6H2,(H,18,19). The van der Waals surface area contributed by atoms with Crippen molar-refractivity contribution in [3.05, 3.63) is 36.5 Å². The van der Waals surface area contributed by atoms with E-state index in [1.54, 1.807) is 6.20 Å². The number of pyridine rings is 1. The van der Waals surface area contributed by atoms with E-state index < -0.39 is 0 Å². The number of carbonyl (C=O) groups excluding carboxylic acids is 1. The molecule has 1 aromatic carbocycles. The van der Waals surface area contributed by atoms with Crippen molar-refractivity contribution in [2.75, 3.05) is 5.32 Å². The third kappa shape index (κ3) is 2.75. The molecule has 1 aliphatic rings. The highest BCUT2D eigenvalue weighted by Crippen LogP contribution is 2.25. The molecule has 19 heavy (non-hydrogen) atoms. The Balaban J connectivity index is 1.75. The first kappa shape index (κ1) is 12.2. The molecule has 1 saturated carbocycles. The maximum atomic E-state index is 12.2. The number of nitrogens with one attached hydrogen (secondary N) is 1. The summed E-state index contributed by atoms with van der Waals surface area (Å²) >= 11 is 0. The summed E-state index contributed by atoms with van der Waals surface area (Å²) in [7, 11) is 0. The average Bonchev–Trinajstić information content (AvgIpc) is 2.48. The van der Waals surface area contributed by atoms with Gasteiger partial charge in [0, 0.05) is 23.2 Å². The summed E-state index contributed by atoms with van der Waals surface area (Å²) < 4.78 is 0. The first-order valence-corrected chi connectivity index (χ1v) is 6.98. The van der Waals surface area contributed by atoms with Crippen LogP contribution >= 0.6 is 0 Å². The highest BCUT2D eigenvalue weighted by molar-refractivity contribution is 5.94. The molecule has 1 amide bonds. The first-order chi connectivity index (χ1) is 9.33. The Labute approximate surface area is 113 Å². The lowest BCUT2D eigenvalue weighted by atomic mass is 9.88. The minimum Gasteiger partial charge on any atom is -0.326 e. The number of carbonyl (C=O) groups is 1. The Morgan fingerprint density at radius 3 is 2.84 bits per heavy atom. The van der Waals surface area contributed by atoms with E-state index in [4.69, 9.17) is 0 Å². The first-order valence-electron chi connectivity index (χ1n) is 6.98. The zero-order valence-corrected chi connectivity index (χ0v) is 10.9. The molecule has 1 N–H and O–H groups in total. The van der Waals surface area contributed by atoms with Crippen molar-refractivity contribution >= 4 is 22.5 Å². The van der Waals surface area contributed by atoms with Gasteiger partial charge in [0.25, 0.3) is 0 Å². The molecule has 3 nitrogen and oxygen atoms in total. The molecule has 0 aliphatic heterocycles. The van der Waals surface area contributed by atoms with Gasteiger partial charge in [0.05, 0.1) is 5.52 Å². The molecule has 1 fully saturated rings. The van der Waals surface area contributed by atoms with Crippen LogP contribution in [0.4, 0.5) is 5.69 Å². The molecule has 0 radical (unpaired) electrons. The predicted molar refractivity (Wildman–Crippen MR) is 76.9 cm³/mol. The zero-order valence-electron chi connectivity index (χ0n) is 10.9. The fourth-order valence-electron chi connectivity index (χ4n) is 2.76. The lowest BCUT2D eigenvalue weighted by Crippen LogP contribution is -2.24. The summed E-state index contributed by atoms with van der Waals surface area (Å²) in [6.07, 6.45) is 7.47. The van der Waals surface area contributed by atoms with Gasteiger partial charge in [-0.05, 0) is 37.1 Å². The molecule has 0 bridgehead atoms. The van der Waals surface area contributed by atoms with Gasteiger partial charge < -0.3 is 5.32 Å². The molecule has 1 aliphatic carbocycles. The number of fused-ring (bicyclic) bond motifs is 1. The van der Waals surface area contributed by atoms with Crippen LogP contribution in [0.1, 0.15) is 32.1 Å². The van der Waals surface area contributed by atoms with Gasteiger partial charge >= 0.3 is 0 Å². The Morgan fingerprint density at radius 1 is 1.16 bits per heavy atom. The second-order valence-corrected chi connectivity index (χ2v) is 5.24. The molecule has 0 unspecified atom stereocenters. The molecule has 0 spiro atoms. The van der Waals surface area contributed by atoms with Crippen LogP contribution in [0.25, 0.3) is 10.9 Å². The van der Waals surface area contributed by atoms with Crippen LogP contribution in [0.2, 0.25) is 0 Å². The second-order valence-electron chi connectivity index (χ2n) is 5.24. The van der Waals surface area contributed by atoms with Gasteiger partial charge in [-0.1, -0.05) is 25.3 Å². The number of nitrogens with zero attached hydrogens (tertiary/aromatic N) is 1. The van der Waals surface area contributed by atoms with Gasteiger partial charge in [-0.3, -0.25) is 9.78 Å². The van der Waals surface area contributed by atoms with E-state index in [1.165, 1.54) is 19.3 Å². The van der Waals surface area contributed by atoms with Gasteiger partial charge in [0.15, 0.2) is 0 Å². The van der Waals surface area contributed by atoms with Crippen molar-refractivity contribution in [2.45, 2.75) is 32.1 Å². The number of anilines is 1. The van der Waals surface area contributed by atoms with Gasteiger partial charge in [-0.2, -0.15) is 0 Å². The average molecular weight is 254 g/mol. The van der Waals surface area contributed by atoms with E-state index in [2.05, 4.69) is 10.3 Å². The summed E-state index contributed by atoms with van der Waals surface area (Å²) in [5.41, 5.74) is 1.83. The summed E-state index contributed by atoms with van der Waals surface area (Å²) in [5.74, 6) is 0.362. The molecule has 3 rings (SSSR count). The van der Waals surface area contributed by atoms with Crippen LogP contribution in [0, 0.1) is 5.92 Å². The van der Waals surface area contributed by atoms with E-state index in [0.29, 0.717) is 0 Å². The van der Waals surface area contributed by atoms with Crippen LogP contribution in [0.3, 0.4) is 0 Å². The van der Waals surface area contributed by atoms with E-state index in [1.807, 2.05) is 30.3 Å². The maximum Gasteiger partial charge on any atom is 0.227 e. The van der Waals surface area contributed by atoms with Crippen LogP contribution < -0.4 is 5.32 Å². The number of benzene rings is 1. The number of amides is 1. The van der Waals surface area contributed by atoms with Crippen molar-refractivity contribution in [1.82, 2.24) is 4.98 Å². The molecule has 1 aromatic heterocycles. The third-order valence-electron chi connectivity index (χ3n) is 3.85. The van der Waals surface area contributed by atoms with Gasteiger partial charge in [0.1, 0.15) is 0 Å². The molecule has 3 heteroatoms. The van der Waals surface area contributed by atoms with Gasteiger partial charge in [-0.25, -0.2) is 0 Å². The molecule has 1 heterocycles. The molecule has 0 saturated heterocycles. The van der Waals surface area contributed by atoms with E-state index in [0.717, 1.165) is 29.4 Å². The zero-order chi connectivity index (χ0) is 13.1. The van der Waals surface area contributed by atoms with Crippen molar-refractivity contribution in [2.24, 2.45) is 5.92 Å². The lowest BCUT2D eigenvalue weighted by molar-refractivity contribution is -0.120. The van der Waals surface area contributed by atoms with Crippen LogP contribution in [-0.4, -0.2) is 10.9 Å². The minimum atomic E-state index is 0.169. The van der Waals surface area contributed by atoms with E-state index in [9.17, 15) is 4.79 Å². The number of hydrogen-bond acceptors (Lipinski definition) is 2. The summed E-state index contributed by atoms with van der Waals surface area (Å²) in [6.45, 7) is 0. The van der Waals surface area contributed by atoms with E-state index >= 15 is 0 Å². The smallest absolute Gasteiger partial charge is 0.227 e. The quantitative estimate of drug-likeness (QED) is 0.886. The fourth-order valence-corrected chi connectivity index (χ4v) is 2.76. The fraction of sp³-hybridized carbons (Fsp3) is 0.375. The summed E-state index contributed by atoms with van der Waals surface area (Å²) in [4.78, 5) is 16.5. The molecular weight excluding hydrogens is 236 g/mol. The molecule has 2 aromatic rings. The lowest BCUT2D eigenvalue weighted by Gasteiger charge is -2.20. The van der Waals surface area contributed by atoms with Crippen LogP contribution in [-0.2, 0) is 4.79 Å². The SMILES string of the molecule is O=C(Nc1ccc2ncccc2c1)C1CCCCC1. The number of rotatable bonds is 2. The van der Waals surface area contributed by atoms with E-state index in [-0.39, 0.29) is 11.8 Å². The third-order valence-corrected chi connectivity index (χ3v) is 3.85. The maximum absolute atomic E-state index is 12.2. The van der Waals surface area contributed by atoms with Gasteiger partial charge in [0.2, 0.25) is 5.91 Å². The Kier molecular flexibility index (Phi) is 3.45. The minimum absolute atomic E-state index is 0.169. The molecule has 0 atom stereocenters. The Morgan fingerprint density at radius 2 is 2.00 bits per heavy atom. The Bertz CT molecular complexity index is 588. The highest BCUT2D eigenvalue weighted by Gasteiger charge is 2.20. The number of aromatic nitrogens is 1. The van der Waals surface area contributed by atoms with Gasteiger partial charge in [-0.15, -0.1) is 0 Å². The topological polar surface area (TPSA) is 42.0 Å². The molecular formula is C16H18N2O. The van der Waals surface area contributed by atoms with Crippen molar-refractivity contribution in [3.8, 4) is 0 Å². The van der Waals surface area contributed by atoms with Crippen molar-refractivity contribution < 1.29 is 4.79 Å². The van der Waals surface area contributed by atoms with Crippen LogP contribution in [0.5, 0.6) is 0 Å². The second kappa shape index (κ2) is 5.39. The normalized spacial score (nSPS) is 16.4. The van der Waals surface area contributed by atoms with Crippen molar-refractivity contribution in [3.63, 3.8) is 0 Å². The number of hydrogen-bond donors (Lipinski definition) is 1. The largest absolute Gasteiger partial charge is 0.326 e. The monoisotopic (exact) mass is 254 g/mol. The highest BCUT2D eigenvalue weighted by atomic mass is 16.1. The summed E-state index contributed by atoms with van der Waals surface area (Å²) in [5, 5.41) is 4.10. The van der Waals surface area contributed by atoms with Crippen LogP contribution in [0.15, 0.2) is 36.5 Å². The summed E-state index contributed by atoms with van der Waals surface area (Å²) in [6, 6.07) is 9.79. The predicted octanol–water partition coefficient (Wildman–Crippen LogP) is 3.75. The Hall–Kier alpha value is -1.90.